The maximum Gasteiger partial charge on any atom is 0.325 e. The molecule has 112 valence electrons. The van der Waals surface area contributed by atoms with E-state index < -0.39 is 25.9 Å². The van der Waals surface area contributed by atoms with Gasteiger partial charge in [-0.05, 0) is 0 Å². The summed E-state index contributed by atoms with van der Waals surface area (Å²) in [6.45, 7) is 2.23. The smallest absolute Gasteiger partial charge is 0.325 e. The van der Waals surface area contributed by atoms with Gasteiger partial charge in [0, 0.05) is 20.9 Å². The summed E-state index contributed by atoms with van der Waals surface area (Å²) in [5.41, 5.74) is 0. The van der Waals surface area contributed by atoms with Gasteiger partial charge in [-0.3, -0.25) is 9.09 Å². The van der Waals surface area contributed by atoms with Crippen LogP contribution in [0.4, 0.5) is 0 Å². The average Bonchev–Trinajstić information content (AvgIpc) is 2.56. The molecule has 9 heteroatoms. The Morgan fingerprint density at radius 2 is 1.95 bits per heavy atom. The first-order chi connectivity index (χ1) is 8.89. The van der Waals surface area contributed by atoms with Gasteiger partial charge in [0.25, 0.3) is 0 Å². The van der Waals surface area contributed by atoms with Gasteiger partial charge in [0.2, 0.25) is 0 Å². The van der Waals surface area contributed by atoms with Gasteiger partial charge in [0.05, 0.1) is 25.8 Å². The monoisotopic (exact) mass is 296 g/mol. The van der Waals surface area contributed by atoms with Gasteiger partial charge in [-0.2, -0.15) is 0 Å². The Morgan fingerprint density at radius 1 is 1.26 bits per heavy atom. The van der Waals surface area contributed by atoms with Gasteiger partial charge in [-0.1, -0.05) is 0 Å². The Hall–Kier alpha value is 0.0549. The van der Waals surface area contributed by atoms with Crippen LogP contribution in [-0.2, 0) is 28.0 Å². The fourth-order valence-corrected chi connectivity index (χ4v) is 2.77. The van der Waals surface area contributed by atoms with Crippen LogP contribution in [0.15, 0.2) is 0 Å². The Bertz CT molecular complexity index is 310. The largest absolute Gasteiger partial charge is 0.382 e. The van der Waals surface area contributed by atoms with E-state index in [0.717, 1.165) is 6.66 Å². The number of rotatable bonds is 8. The van der Waals surface area contributed by atoms with Crippen molar-refractivity contribution in [2.45, 2.75) is 24.3 Å². The molecular weight excluding hydrogens is 274 g/mol. The van der Waals surface area contributed by atoms with Crippen LogP contribution in [0.5, 0.6) is 0 Å². The predicted molar refractivity (Wildman–Crippen MR) is 71.3 cm³/mol. The summed E-state index contributed by atoms with van der Waals surface area (Å²) in [6, 6.07) is -0.242. The molecule has 1 rings (SSSR count). The molecule has 19 heavy (non-hydrogen) atoms. The van der Waals surface area contributed by atoms with Crippen LogP contribution >= 0.6 is 7.60 Å². The zero-order chi connectivity index (χ0) is 14.5. The highest BCUT2D eigenvalue weighted by Crippen LogP contribution is 2.42. The molecular formula is C10H22BO7P. The fraction of sp³-hybridized carbons (Fsp3) is 1.00. The predicted octanol–water partition coefficient (Wildman–Crippen LogP) is -0.777. The molecule has 0 aromatic heterocycles. The maximum atomic E-state index is 11.5. The van der Waals surface area contributed by atoms with Crippen molar-refractivity contribution >= 4 is 15.4 Å². The van der Waals surface area contributed by atoms with Crippen molar-refractivity contribution in [3.8, 4) is 0 Å². The minimum atomic E-state index is -3.63. The van der Waals surface area contributed by atoms with E-state index in [1.54, 1.807) is 7.11 Å². The summed E-state index contributed by atoms with van der Waals surface area (Å²) in [5.74, 6) is 0. The highest BCUT2D eigenvalue weighted by atomic mass is 31.2. The van der Waals surface area contributed by atoms with E-state index in [-0.39, 0.29) is 12.6 Å². The highest BCUT2D eigenvalue weighted by molar-refractivity contribution is 7.51. The van der Waals surface area contributed by atoms with Crippen molar-refractivity contribution in [1.29, 1.82) is 0 Å². The van der Waals surface area contributed by atoms with Gasteiger partial charge in [-0.15, -0.1) is 0 Å². The van der Waals surface area contributed by atoms with Crippen molar-refractivity contribution in [3.63, 3.8) is 0 Å². The van der Waals surface area contributed by atoms with E-state index in [1.165, 1.54) is 7.11 Å². The second-order valence-corrected chi connectivity index (χ2v) is 6.35. The number of methoxy groups -OCH3 is 2. The van der Waals surface area contributed by atoms with E-state index in [1.807, 2.05) is 7.85 Å². The second-order valence-electron chi connectivity index (χ2n) is 4.54. The summed E-state index contributed by atoms with van der Waals surface area (Å²) in [7, 11) is 1.32. The van der Waals surface area contributed by atoms with E-state index in [9.17, 15) is 9.46 Å². The molecule has 0 amide bonds. The van der Waals surface area contributed by atoms with Crippen LogP contribution in [-0.4, -0.2) is 77.8 Å². The summed E-state index contributed by atoms with van der Waals surface area (Å²) < 4.78 is 37.9. The lowest BCUT2D eigenvalue weighted by atomic mass is 9.93. The Morgan fingerprint density at radius 3 is 2.47 bits per heavy atom. The highest BCUT2D eigenvalue weighted by Gasteiger charge is 2.46. The Balaban J connectivity index is 2.70. The van der Waals surface area contributed by atoms with E-state index in [2.05, 4.69) is 0 Å². The molecule has 2 unspecified atom stereocenters. The molecule has 1 fully saturated rings. The molecule has 0 spiro atoms. The first kappa shape index (κ1) is 17.1. The molecule has 5 atom stereocenters. The molecule has 1 aliphatic heterocycles. The summed E-state index contributed by atoms with van der Waals surface area (Å²) in [4.78, 5) is 9.40. The van der Waals surface area contributed by atoms with Crippen LogP contribution in [0.1, 0.15) is 0 Å². The van der Waals surface area contributed by atoms with Crippen molar-refractivity contribution in [2.75, 3.05) is 40.7 Å². The van der Waals surface area contributed by atoms with Gasteiger partial charge < -0.3 is 23.8 Å². The zero-order valence-electron chi connectivity index (χ0n) is 11.8. The molecule has 1 saturated heterocycles. The number of ether oxygens (including phenoxy) is 4. The van der Waals surface area contributed by atoms with Crippen LogP contribution in [0.3, 0.4) is 0 Å². The summed E-state index contributed by atoms with van der Waals surface area (Å²) in [6.07, 6.45) is -1.48. The van der Waals surface area contributed by atoms with Crippen molar-refractivity contribution in [1.82, 2.24) is 0 Å². The quantitative estimate of drug-likeness (QED) is 0.357. The van der Waals surface area contributed by atoms with E-state index >= 15 is 0 Å². The molecule has 0 aromatic rings. The second kappa shape index (κ2) is 7.74. The normalized spacial score (nSPS) is 34.3. The number of hydrogen-bond donors (Lipinski definition) is 1. The molecule has 0 radical (unpaired) electrons. The molecule has 1 heterocycles. The Labute approximate surface area is 114 Å². The van der Waals surface area contributed by atoms with Gasteiger partial charge in [-0.25, -0.2) is 0 Å². The standard InChI is InChI=1S/C10H22BO7P/c1-14-4-5-16-9-8(18-19(3,12)13)7(6-15-2)17-10(9)11/h7-10H,4-6,11H2,1-3H3,(H,12,13)/t7-,8+,9?,10-/m1/s1. The lowest BCUT2D eigenvalue weighted by Gasteiger charge is -2.24. The van der Waals surface area contributed by atoms with Gasteiger partial charge in [0.15, 0.2) is 0 Å². The van der Waals surface area contributed by atoms with Gasteiger partial charge >= 0.3 is 7.60 Å². The fourth-order valence-electron chi connectivity index (χ4n) is 2.06. The third kappa shape index (κ3) is 5.51. The average molecular weight is 296 g/mol. The molecule has 7 nitrogen and oxygen atoms in total. The number of hydrogen-bond acceptors (Lipinski definition) is 6. The summed E-state index contributed by atoms with van der Waals surface area (Å²) >= 11 is 0. The third-order valence-electron chi connectivity index (χ3n) is 2.79. The van der Waals surface area contributed by atoms with Crippen molar-refractivity contribution in [3.05, 3.63) is 0 Å². The van der Waals surface area contributed by atoms with Crippen LogP contribution in [0.25, 0.3) is 0 Å². The van der Waals surface area contributed by atoms with Crippen LogP contribution in [0, 0.1) is 0 Å². The van der Waals surface area contributed by atoms with E-state index in [4.69, 9.17) is 23.5 Å². The molecule has 0 saturated carbocycles. The van der Waals surface area contributed by atoms with Gasteiger partial charge in [0.1, 0.15) is 26.2 Å². The molecule has 0 aromatic carbocycles. The first-order valence-electron chi connectivity index (χ1n) is 6.12. The summed E-state index contributed by atoms with van der Waals surface area (Å²) in [5, 5.41) is 0. The van der Waals surface area contributed by atoms with E-state index in [0.29, 0.717) is 13.2 Å². The van der Waals surface area contributed by atoms with Crippen molar-refractivity contribution < 1.29 is 32.9 Å². The Kier molecular flexibility index (Phi) is 6.97. The molecule has 0 bridgehead atoms. The molecule has 0 aliphatic carbocycles. The topological polar surface area (TPSA) is 83.5 Å². The zero-order valence-corrected chi connectivity index (χ0v) is 12.7. The van der Waals surface area contributed by atoms with Crippen molar-refractivity contribution in [2.24, 2.45) is 0 Å². The van der Waals surface area contributed by atoms with Crippen LogP contribution < -0.4 is 0 Å². The minimum Gasteiger partial charge on any atom is -0.382 e. The lowest BCUT2D eigenvalue weighted by Crippen LogP contribution is -2.39. The minimum absolute atomic E-state index is 0.242. The first-order valence-corrected chi connectivity index (χ1v) is 8.15. The van der Waals surface area contributed by atoms with Crippen LogP contribution in [0.2, 0.25) is 0 Å². The maximum absolute atomic E-state index is 11.5. The lowest BCUT2D eigenvalue weighted by molar-refractivity contribution is -0.0361. The SMILES string of the molecule is B[C@@H]1O[C@H](COC)[C@H](OP(C)(=O)O)C1OCCOC. The third-order valence-corrected chi connectivity index (χ3v) is 3.42. The molecule has 1 N–H and O–H groups in total. The molecule has 1 aliphatic rings.